The number of aromatic nitrogens is 3. The molecule has 26 heavy (non-hydrogen) atoms. The molecule has 0 spiro atoms. The van der Waals surface area contributed by atoms with E-state index in [0.717, 1.165) is 67.2 Å². The highest BCUT2D eigenvalue weighted by Crippen LogP contribution is 2.31. The fraction of sp³-hybridized carbons (Fsp3) is 0.400. The van der Waals surface area contributed by atoms with Crippen LogP contribution < -0.4 is 10.1 Å². The predicted octanol–water partition coefficient (Wildman–Crippen LogP) is 3.05. The van der Waals surface area contributed by atoms with Gasteiger partial charge in [0, 0.05) is 18.0 Å². The Labute approximate surface area is 151 Å². The first-order chi connectivity index (χ1) is 12.8. The molecule has 6 nitrogen and oxygen atoms in total. The van der Waals surface area contributed by atoms with Gasteiger partial charge in [-0.15, -0.1) is 5.10 Å². The van der Waals surface area contributed by atoms with Crippen molar-refractivity contribution in [1.82, 2.24) is 14.6 Å². The van der Waals surface area contributed by atoms with Crippen LogP contribution in [-0.2, 0) is 6.42 Å². The maximum absolute atomic E-state index is 9.67. The molecule has 0 saturated heterocycles. The minimum Gasteiger partial charge on any atom is -0.493 e. The van der Waals surface area contributed by atoms with Crippen molar-refractivity contribution in [3.8, 4) is 17.0 Å². The number of aliphatic hydroxyl groups excluding tert-OH is 1. The number of nitrogens with zero attached hydrogens (tertiary/aromatic N) is 3. The molecular formula is C20H22N4O2. The molecule has 1 aliphatic carbocycles. The van der Waals surface area contributed by atoms with Gasteiger partial charge in [-0.2, -0.15) is 0 Å². The Bertz CT molecular complexity index is 944. The summed E-state index contributed by atoms with van der Waals surface area (Å²) in [6.07, 6.45) is 6.34. The van der Waals surface area contributed by atoms with Gasteiger partial charge in [0.25, 0.3) is 0 Å². The Morgan fingerprint density at radius 3 is 2.88 bits per heavy atom. The summed E-state index contributed by atoms with van der Waals surface area (Å²) in [6, 6.07) is 10.6. The largest absolute Gasteiger partial charge is 0.493 e. The predicted molar refractivity (Wildman–Crippen MR) is 99.5 cm³/mol. The van der Waals surface area contributed by atoms with E-state index in [1.807, 2.05) is 28.9 Å². The Morgan fingerprint density at radius 1 is 1.12 bits per heavy atom. The standard InChI is InChI=1S/C20H22N4O2/c25-16-4-2-15(3-5-16)22-19-7-8-20-21-12-17(24(20)23-19)13-1-6-18-14(11-13)9-10-26-18/h1,6-8,11-12,15-16,25H,2-5,9-10H2,(H,22,23). The number of fused-ring (bicyclic) bond motifs is 2. The van der Waals surface area contributed by atoms with Gasteiger partial charge in [-0.25, -0.2) is 9.50 Å². The first-order valence-electron chi connectivity index (χ1n) is 9.32. The summed E-state index contributed by atoms with van der Waals surface area (Å²) in [5.41, 5.74) is 4.17. The fourth-order valence-electron chi connectivity index (χ4n) is 3.92. The Balaban J connectivity index is 1.45. The topological polar surface area (TPSA) is 71.7 Å². The zero-order valence-electron chi connectivity index (χ0n) is 14.6. The van der Waals surface area contributed by atoms with Crippen LogP contribution >= 0.6 is 0 Å². The highest BCUT2D eigenvalue weighted by atomic mass is 16.5. The van der Waals surface area contributed by atoms with Crippen LogP contribution in [0.5, 0.6) is 5.75 Å². The number of aliphatic hydroxyl groups is 1. The monoisotopic (exact) mass is 350 g/mol. The molecule has 2 aliphatic rings. The summed E-state index contributed by atoms with van der Waals surface area (Å²) in [7, 11) is 0. The van der Waals surface area contributed by atoms with Crippen LogP contribution in [0.2, 0.25) is 0 Å². The molecular weight excluding hydrogens is 328 g/mol. The van der Waals surface area contributed by atoms with Crippen molar-refractivity contribution in [2.45, 2.75) is 44.2 Å². The van der Waals surface area contributed by atoms with Crippen molar-refractivity contribution in [1.29, 1.82) is 0 Å². The lowest BCUT2D eigenvalue weighted by molar-refractivity contribution is 0.126. The van der Waals surface area contributed by atoms with Crippen molar-refractivity contribution >= 4 is 11.5 Å². The molecule has 0 radical (unpaired) electrons. The van der Waals surface area contributed by atoms with Crippen LogP contribution in [-0.4, -0.2) is 38.5 Å². The van der Waals surface area contributed by atoms with Gasteiger partial charge >= 0.3 is 0 Å². The second-order valence-electron chi connectivity index (χ2n) is 7.20. The normalized spacial score (nSPS) is 22.2. The zero-order chi connectivity index (χ0) is 17.5. The van der Waals surface area contributed by atoms with Gasteiger partial charge < -0.3 is 15.2 Å². The van der Waals surface area contributed by atoms with Gasteiger partial charge in [0.2, 0.25) is 0 Å². The van der Waals surface area contributed by atoms with Crippen LogP contribution in [0.25, 0.3) is 16.9 Å². The van der Waals surface area contributed by atoms with Crippen LogP contribution in [0.3, 0.4) is 0 Å². The van der Waals surface area contributed by atoms with Crippen molar-refractivity contribution in [2.75, 3.05) is 11.9 Å². The third-order valence-corrected chi connectivity index (χ3v) is 5.40. The average molecular weight is 350 g/mol. The van der Waals surface area contributed by atoms with Crippen molar-refractivity contribution in [2.24, 2.45) is 0 Å². The minimum absolute atomic E-state index is 0.146. The molecule has 1 saturated carbocycles. The third kappa shape index (κ3) is 2.80. The van der Waals surface area contributed by atoms with Crippen LogP contribution in [0.1, 0.15) is 31.2 Å². The molecule has 1 aliphatic heterocycles. The lowest BCUT2D eigenvalue weighted by Gasteiger charge is -2.26. The summed E-state index contributed by atoms with van der Waals surface area (Å²) in [4.78, 5) is 4.49. The lowest BCUT2D eigenvalue weighted by Crippen LogP contribution is -2.28. The third-order valence-electron chi connectivity index (χ3n) is 5.40. The summed E-state index contributed by atoms with van der Waals surface area (Å²) in [5.74, 6) is 1.83. The molecule has 1 aromatic carbocycles. The smallest absolute Gasteiger partial charge is 0.154 e. The van der Waals surface area contributed by atoms with E-state index in [-0.39, 0.29) is 6.10 Å². The number of hydrogen-bond donors (Lipinski definition) is 2. The SMILES string of the molecule is OC1CCC(Nc2ccc3ncc(-c4ccc5c(c4)CCO5)n3n2)CC1. The van der Waals surface area contributed by atoms with Crippen LogP contribution in [0.15, 0.2) is 36.5 Å². The van der Waals surface area contributed by atoms with Gasteiger partial charge in [0.05, 0.1) is 24.6 Å². The Hall–Kier alpha value is -2.60. The quantitative estimate of drug-likeness (QED) is 0.760. The van der Waals surface area contributed by atoms with Gasteiger partial charge in [-0.05, 0) is 61.6 Å². The molecule has 0 atom stereocenters. The molecule has 3 heterocycles. The Kier molecular flexibility index (Phi) is 3.78. The maximum atomic E-state index is 9.67. The van der Waals surface area contributed by atoms with Gasteiger partial charge in [0.1, 0.15) is 11.6 Å². The first-order valence-corrected chi connectivity index (χ1v) is 9.32. The van der Waals surface area contributed by atoms with E-state index in [1.165, 1.54) is 5.56 Å². The molecule has 0 unspecified atom stereocenters. The number of anilines is 1. The summed E-state index contributed by atoms with van der Waals surface area (Å²) in [5, 5.41) is 18.0. The second kappa shape index (κ2) is 6.29. The van der Waals surface area contributed by atoms with Gasteiger partial charge in [-0.3, -0.25) is 0 Å². The number of nitrogens with one attached hydrogen (secondary N) is 1. The van der Waals surface area contributed by atoms with E-state index in [9.17, 15) is 5.11 Å². The van der Waals surface area contributed by atoms with Crippen molar-refractivity contribution in [3.05, 3.63) is 42.1 Å². The highest BCUT2D eigenvalue weighted by molar-refractivity contribution is 5.66. The van der Waals surface area contributed by atoms with E-state index in [1.54, 1.807) is 0 Å². The fourth-order valence-corrected chi connectivity index (χ4v) is 3.92. The molecule has 0 amide bonds. The number of rotatable bonds is 3. The molecule has 3 aromatic rings. The van der Waals surface area contributed by atoms with Crippen LogP contribution in [0.4, 0.5) is 5.82 Å². The molecule has 0 bridgehead atoms. The summed E-state index contributed by atoms with van der Waals surface area (Å²) < 4.78 is 7.50. The van der Waals surface area contributed by atoms with E-state index in [4.69, 9.17) is 9.84 Å². The number of benzene rings is 1. The summed E-state index contributed by atoms with van der Waals surface area (Å²) >= 11 is 0. The highest BCUT2D eigenvalue weighted by Gasteiger charge is 2.20. The Morgan fingerprint density at radius 2 is 2.00 bits per heavy atom. The van der Waals surface area contributed by atoms with E-state index in [2.05, 4.69) is 22.4 Å². The van der Waals surface area contributed by atoms with E-state index < -0.39 is 0 Å². The first kappa shape index (κ1) is 15.6. The molecule has 134 valence electrons. The van der Waals surface area contributed by atoms with E-state index in [0.29, 0.717) is 6.04 Å². The maximum Gasteiger partial charge on any atom is 0.154 e. The molecule has 2 N–H and O–H groups in total. The van der Waals surface area contributed by atoms with E-state index >= 15 is 0 Å². The number of ether oxygens (including phenoxy) is 1. The number of imidazole rings is 1. The van der Waals surface area contributed by atoms with Crippen LogP contribution in [0, 0.1) is 0 Å². The van der Waals surface area contributed by atoms with Crippen molar-refractivity contribution in [3.63, 3.8) is 0 Å². The lowest BCUT2D eigenvalue weighted by atomic mass is 9.93. The second-order valence-corrected chi connectivity index (χ2v) is 7.20. The zero-order valence-corrected chi connectivity index (χ0v) is 14.6. The molecule has 6 heteroatoms. The number of hydrogen-bond acceptors (Lipinski definition) is 5. The molecule has 2 aromatic heterocycles. The average Bonchev–Trinajstić information content (AvgIpc) is 3.29. The minimum atomic E-state index is -0.146. The van der Waals surface area contributed by atoms with Gasteiger partial charge in [-0.1, -0.05) is 0 Å². The summed E-state index contributed by atoms with van der Waals surface area (Å²) in [6.45, 7) is 0.758. The molecule has 1 fully saturated rings. The van der Waals surface area contributed by atoms with Gasteiger partial charge in [0.15, 0.2) is 5.65 Å². The van der Waals surface area contributed by atoms with Crippen molar-refractivity contribution < 1.29 is 9.84 Å². The molecule has 5 rings (SSSR count).